The first-order valence-electron chi connectivity index (χ1n) is 5.86. The number of hydrogen-bond acceptors (Lipinski definition) is 0. The molecule has 0 bridgehead atoms. The Morgan fingerprint density at radius 3 is 1.69 bits per heavy atom. The fourth-order valence-corrected chi connectivity index (χ4v) is 2.62. The van der Waals surface area contributed by atoms with Crippen LogP contribution in [0.2, 0.25) is 0 Å². The minimum Gasteiger partial charge on any atom is -0.0463 e. The summed E-state index contributed by atoms with van der Waals surface area (Å²) in [5.41, 5.74) is 5.81. The van der Waals surface area contributed by atoms with E-state index in [1.54, 1.807) is 0 Å². The topological polar surface area (TPSA) is 0 Å². The predicted molar refractivity (Wildman–Crippen MR) is 67.4 cm³/mol. The summed E-state index contributed by atoms with van der Waals surface area (Å²) in [7, 11) is 0. The number of aryl methyl sites for hydroxylation is 2. The number of hydrogen-bond donors (Lipinski definition) is 0. The lowest BCUT2D eigenvalue weighted by molar-refractivity contribution is 0.965. The van der Waals surface area contributed by atoms with E-state index in [1.807, 2.05) is 0 Å². The number of benzene rings is 2. The van der Waals surface area contributed by atoms with Crippen LogP contribution in [0.4, 0.5) is 0 Å². The Hall–Kier alpha value is -1.69. The smallest absolute Gasteiger partial charge is 0.0463 e. The Labute approximate surface area is 96.9 Å². The van der Waals surface area contributed by atoms with Crippen LogP contribution in [0.1, 0.15) is 29.2 Å². The quantitative estimate of drug-likeness (QED) is 0.577. The van der Waals surface area contributed by atoms with E-state index in [4.69, 9.17) is 0 Å². The van der Waals surface area contributed by atoms with Gasteiger partial charge in [0.2, 0.25) is 0 Å². The van der Waals surface area contributed by atoms with Crippen molar-refractivity contribution in [2.75, 3.05) is 0 Å². The van der Waals surface area contributed by atoms with Gasteiger partial charge in [-0.15, -0.1) is 0 Å². The third kappa shape index (κ3) is 1.42. The zero-order valence-electron chi connectivity index (χ0n) is 9.53. The van der Waals surface area contributed by atoms with E-state index in [-0.39, 0.29) is 0 Å². The van der Waals surface area contributed by atoms with Crippen molar-refractivity contribution in [3.63, 3.8) is 0 Å². The Bertz CT molecular complexity index is 463. The lowest BCUT2D eigenvalue weighted by Crippen LogP contribution is -1.99. The van der Waals surface area contributed by atoms with Crippen molar-refractivity contribution in [3.05, 3.63) is 76.7 Å². The van der Waals surface area contributed by atoms with Gasteiger partial charge in [-0.25, -0.2) is 0 Å². The summed E-state index contributed by atoms with van der Waals surface area (Å²) in [6.45, 7) is 2.24. The molecule has 0 heteroatoms. The van der Waals surface area contributed by atoms with Gasteiger partial charge < -0.3 is 0 Å². The van der Waals surface area contributed by atoms with E-state index in [2.05, 4.69) is 55.5 Å². The van der Waals surface area contributed by atoms with Gasteiger partial charge in [0.15, 0.2) is 0 Å². The Morgan fingerprint density at radius 1 is 0.750 bits per heavy atom. The number of fused-ring (bicyclic) bond motifs is 2. The molecule has 0 N–H and O–H groups in total. The van der Waals surface area contributed by atoms with Crippen LogP contribution in [0.3, 0.4) is 0 Å². The van der Waals surface area contributed by atoms with Crippen molar-refractivity contribution < 1.29 is 0 Å². The van der Waals surface area contributed by atoms with Crippen LogP contribution in [0.5, 0.6) is 0 Å². The summed E-state index contributed by atoms with van der Waals surface area (Å²) in [4.78, 5) is 0. The molecule has 0 saturated heterocycles. The molecule has 1 aliphatic carbocycles. The van der Waals surface area contributed by atoms with E-state index in [0.29, 0.717) is 0 Å². The Kier molecular flexibility index (Phi) is 2.21. The van der Waals surface area contributed by atoms with E-state index < -0.39 is 0 Å². The molecule has 78 valence electrons. The van der Waals surface area contributed by atoms with Crippen LogP contribution in [0.25, 0.3) is 0 Å². The van der Waals surface area contributed by atoms with Gasteiger partial charge in [0.1, 0.15) is 0 Å². The third-order valence-electron chi connectivity index (χ3n) is 3.51. The SMILES string of the molecule is C[C+]1c2ccccc2CCc2ccccc21. The van der Waals surface area contributed by atoms with Crippen molar-refractivity contribution in [1.82, 2.24) is 0 Å². The van der Waals surface area contributed by atoms with E-state index in [1.165, 1.54) is 28.2 Å². The van der Waals surface area contributed by atoms with Crippen molar-refractivity contribution >= 4 is 0 Å². The van der Waals surface area contributed by atoms with Crippen LogP contribution in [0.15, 0.2) is 48.5 Å². The largest absolute Gasteiger partial charge is 0.0784 e. The van der Waals surface area contributed by atoms with Gasteiger partial charge in [0.25, 0.3) is 0 Å². The lowest BCUT2D eigenvalue weighted by atomic mass is 9.90. The Balaban J connectivity index is 2.18. The molecule has 0 heterocycles. The van der Waals surface area contributed by atoms with Gasteiger partial charge in [0, 0.05) is 42.0 Å². The standard InChI is InChI=1S/C16H15/c1-12-15-8-4-2-6-13(15)10-11-14-7-3-5-9-16(12)14/h2-9H,10-11H2,1H3/q+1. The zero-order chi connectivity index (χ0) is 11.0. The summed E-state index contributed by atoms with van der Waals surface area (Å²) in [6.07, 6.45) is 2.31. The molecule has 0 nitrogen and oxygen atoms in total. The predicted octanol–water partition coefficient (Wildman–Crippen LogP) is 3.78. The van der Waals surface area contributed by atoms with Gasteiger partial charge in [-0.05, 0) is 43.3 Å². The summed E-state index contributed by atoms with van der Waals surface area (Å²) in [5.74, 6) is 1.42. The van der Waals surface area contributed by atoms with Crippen molar-refractivity contribution in [2.45, 2.75) is 19.8 Å². The van der Waals surface area contributed by atoms with Gasteiger partial charge >= 0.3 is 0 Å². The minimum atomic E-state index is 1.16. The highest BCUT2D eigenvalue weighted by molar-refractivity contribution is 5.53. The zero-order valence-corrected chi connectivity index (χ0v) is 9.53. The van der Waals surface area contributed by atoms with Crippen molar-refractivity contribution in [3.8, 4) is 0 Å². The summed E-state index contributed by atoms with van der Waals surface area (Å²) < 4.78 is 0. The molecule has 2 aromatic rings. The molecule has 0 spiro atoms. The summed E-state index contributed by atoms with van der Waals surface area (Å²) >= 11 is 0. The van der Waals surface area contributed by atoms with Crippen LogP contribution in [-0.4, -0.2) is 0 Å². The highest BCUT2D eigenvalue weighted by Crippen LogP contribution is 2.32. The highest BCUT2D eigenvalue weighted by Gasteiger charge is 2.25. The van der Waals surface area contributed by atoms with Crippen molar-refractivity contribution in [2.24, 2.45) is 0 Å². The molecule has 0 aromatic heterocycles. The van der Waals surface area contributed by atoms with E-state index >= 15 is 0 Å². The van der Waals surface area contributed by atoms with Gasteiger partial charge in [-0.2, -0.15) is 0 Å². The molecule has 0 saturated carbocycles. The van der Waals surface area contributed by atoms with Crippen LogP contribution in [0, 0.1) is 5.92 Å². The van der Waals surface area contributed by atoms with Crippen LogP contribution >= 0.6 is 0 Å². The molecule has 2 aromatic carbocycles. The normalized spacial score (nSPS) is 13.9. The second kappa shape index (κ2) is 3.71. The molecule has 3 rings (SSSR count). The molecule has 0 fully saturated rings. The lowest BCUT2D eigenvalue weighted by Gasteiger charge is -2.07. The maximum absolute atomic E-state index is 2.25. The Morgan fingerprint density at radius 2 is 1.19 bits per heavy atom. The second-order valence-corrected chi connectivity index (χ2v) is 4.44. The van der Waals surface area contributed by atoms with Crippen LogP contribution in [-0.2, 0) is 12.8 Å². The third-order valence-corrected chi connectivity index (χ3v) is 3.51. The summed E-state index contributed by atoms with van der Waals surface area (Å²) in [5, 5.41) is 0. The molecule has 16 heavy (non-hydrogen) atoms. The maximum atomic E-state index is 2.25. The first kappa shape index (κ1) is 9.53. The molecule has 1 aliphatic rings. The van der Waals surface area contributed by atoms with Crippen LogP contribution < -0.4 is 0 Å². The van der Waals surface area contributed by atoms with Gasteiger partial charge in [-0.3, -0.25) is 0 Å². The summed E-state index contributed by atoms with van der Waals surface area (Å²) in [6, 6.07) is 17.5. The highest BCUT2D eigenvalue weighted by atomic mass is 14.2. The maximum Gasteiger partial charge on any atom is 0.0784 e. The molecule has 0 aliphatic heterocycles. The van der Waals surface area contributed by atoms with E-state index in [0.717, 1.165) is 12.8 Å². The second-order valence-electron chi connectivity index (χ2n) is 4.44. The number of rotatable bonds is 0. The fraction of sp³-hybridized carbons (Fsp3) is 0.188. The molecule has 0 radical (unpaired) electrons. The first-order chi connectivity index (χ1) is 7.86. The fourth-order valence-electron chi connectivity index (χ4n) is 2.62. The van der Waals surface area contributed by atoms with Gasteiger partial charge in [-0.1, -0.05) is 0 Å². The minimum absolute atomic E-state index is 1.16. The van der Waals surface area contributed by atoms with Crippen molar-refractivity contribution in [1.29, 1.82) is 0 Å². The monoisotopic (exact) mass is 207 g/mol. The molecule has 0 unspecified atom stereocenters. The molecular weight excluding hydrogens is 192 g/mol. The average Bonchev–Trinajstić information content (AvgIpc) is 2.49. The van der Waals surface area contributed by atoms with Gasteiger partial charge in [0.05, 0.1) is 11.1 Å². The average molecular weight is 207 g/mol. The molecule has 0 atom stereocenters. The molecular formula is C16H15+. The first-order valence-corrected chi connectivity index (χ1v) is 5.86. The van der Waals surface area contributed by atoms with E-state index in [9.17, 15) is 0 Å². The molecule has 0 amide bonds.